The summed E-state index contributed by atoms with van der Waals surface area (Å²) in [5.41, 5.74) is 0. The van der Waals surface area contributed by atoms with E-state index in [0.717, 1.165) is 0 Å². The molecule has 0 aliphatic rings. The molecule has 0 rings (SSSR count). The lowest BCUT2D eigenvalue weighted by molar-refractivity contribution is -0.287. The van der Waals surface area contributed by atoms with E-state index in [9.17, 15) is 0 Å². The molecular weight excluding hydrogens is 164 g/mol. The lowest BCUT2D eigenvalue weighted by Crippen LogP contribution is -2.34. The van der Waals surface area contributed by atoms with Gasteiger partial charge in [0.25, 0.3) is 0 Å². The van der Waals surface area contributed by atoms with Gasteiger partial charge in [-0.05, 0) is 26.9 Å². The van der Waals surface area contributed by atoms with Gasteiger partial charge in [-0.25, -0.2) is 18.9 Å². The predicted molar refractivity (Wildman–Crippen MR) is 42.9 cm³/mol. The van der Waals surface area contributed by atoms with Crippen LogP contribution in [0.15, 0.2) is 0 Å². The highest BCUT2D eigenvalue weighted by Crippen LogP contribution is 2.06. The van der Waals surface area contributed by atoms with E-state index in [0.29, 0.717) is 13.2 Å². The molecule has 0 atom stereocenters. The molecule has 0 bridgehead atoms. The molecule has 68 valence electrons. The standard InChI is InChI=1S/C6H16O4Si/c1-5-7-9-11(3,4)10-8-6-2/h5-6H2,1-4H3. The van der Waals surface area contributed by atoms with E-state index in [2.05, 4.69) is 0 Å². The van der Waals surface area contributed by atoms with E-state index in [4.69, 9.17) is 18.9 Å². The molecular formula is C6H16O4Si. The lowest BCUT2D eigenvalue weighted by Gasteiger charge is -2.18. The van der Waals surface area contributed by atoms with Crippen LogP contribution in [0.5, 0.6) is 0 Å². The van der Waals surface area contributed by atoms with Gasteiger partial charge < -0.3 is 0 Å². The van der Waals surface area contributed by atoms with Crippen molar-refractivity contribution in [1.82, 2.24) is 0 Å². The van der Waals surface area contributed by atoms with E-state index in [1.54, 1.807) is 0 Å². The Hall–Kier alpha value is 0.0569. The monoisotopic (exact) mass is 180 g/mol. The smallest absolute Gasteiger partial charge is 0.249 e. The Balaban J connectivity index is 3.43. The van der Waals surface area contributed by atoms with Crippen LogP contribution < -0.4 is 0 Å². The van der Waals surface area contributed by atoms with E-state index in [-0.39, 0.29) is 0 Å². The van der Waals surface area contributed by atoms with Crippen LogP contribution in [0.2, 0.25) is 13.1 Å². The fourth-order valence-corrected chi connectivity index (χ4v) is 1.25. The van der Waals surface area contributed by atoms with Gasteiger partial charge in [0.1, 0.15) is 0 Å². The van der Waals surface area contributed by atoms with Crippen LogP contribution in [0.25, 0.3) is 0 Å². The van der Waals surface area contributed by atoms with Gasteiger partial charge in [0.05, 0.1) is 13.2 Å². The molecule has 0 aromatic rings. The summed E-state index contributed by atoms with van der Waals surface area (Å²) in [5.74, 6) is 0. The SMILES string of the molecule is CCOO[Si](C)(C)OOCC. The molecule has 0 aliphatic carbocycles. The van der Waals surface area contributed by atoms with Crippen molar-refractivity contribution in [2.24, 2.45) is 0 Å². The Morgan fingerprint density at radius 1 is 0.909 bits per heavy atom. The first kappa shape index (κ1) is 11.1. The first-order chi connectivity index (χ1) is 5.12. The van der Waals surface area contributed by atoms with E-state index in [1.807, 2.05) is 26.9 Å². The van der Waals surface area contributed by atoms with Gasteiger partial charge in [-0.15, -0.1) is 0 Å². The Labute approximate surface area is 68.5 Å². The van der Waals surface area contributed by atoms with Crippen LogP contribution in [-0.4, -0.2) is 21.8 Å². The predicted octanol–water partition coefficient (Wildman–Crippen LogP) is 1.62. The fraction of sp³-hybridized carbons (Fsp3) is 1.00. The Bertz CT molecular complexity index is 86.6. The minimum absolute atomic E-state index is 0.520. The van der Waals surface area contributed by atoms with Gasteiger partial charge in [0, 0.05) is 0 Å². The molecule has 0 spiro atoms. The van der Waals surface area contributed by atoms with Crippen molar-refractivity contribution in [1.29, 1.82) is 0 Å². The summed E-state index contributed by atoms with van der Waals surface area (Å²) in [6.07, 6.45) is 0. The minimum Gasteiger partial charge on any atom is -0.249 e. The molecule has 0 saturated carbocycles. The third-order valence-corrected chi connectivity index (χ3v) is 1.79. The van der Waals surface area contributed by atoms with Crippen LogP contribution in [0.3, 0.4) is 0 Å². The fourth-order valence-electron chi connectivity index (χ4n) is 0.416. The number of rotatable bonds is 6. The maximum absolute atomic E-state index is 4.97. The zero-order valence-electron chi connectivity index (χ0n) is 7.55. The Kier molecular flexibility index (Phi) is 5.70. The van der Waals surface area contributed by atoms with Crippen molar-refractivity contribution >= 4 is 8.56 Å². The van der Waals surface area contributed by atoms with Crippen LogP contribution in [0.1, 0.15) is 13.8 Å². The summed E-state index contributed by atoms with van der Waals surface area (Å²) in [6, 6.07) is 0. The molecule has 0 saturated heterocycles. The van der Waals surface area contributed by atoms with Crippen molar-refractivity contribution in [3.8, 4) is 0 Å². The number of hydrogen-bond donors (Lipinski definition) is 0. The summed E-state index contributed by atoms with van der Waals surface area (Å²) in [5, 5.41) is 0. The highest BCUT2D eigenvalue weighted by molar-refractivity contribution is 6.64. The van der Waals surface area contributed by atoms with Crippen LogP contribution in [0.4, 0.5) is 0 Å². The molecule has 0 heterocycles. The van der Waals surface area contributed by atoms with Crippen molar-refractivity contribution in [3.63, 3.8) is 0 Å². The van der Waals surface area contributed by atoms with Crippen molar-refractivity contribution in [3.05, 3.63) is 0 Å². The van der Waals surface area contributed by atoms with Gasteiger partial charge in [-0.2, -0.15) is 0 Å². The second-order valence-corrected chi connectivity index (χ2v) is 5.51. The van der Waals surface area contributed by atoms with Gasteiger partial charge in [0.15, 0.2) is 0 Å². The molecule has 0 N–H and O–H groups in total. The first-order valence-electron chi connectivity index (χ1n) is 3.73. The molecule has 11 heavy (non-hydrogen) atoms. The van der Waals surface area contributed by atoms with Gasteiger partial charge in [-0.1, -0.05) is 0 Å². The maximum atomic E-state index is 4.97. The van der Waals surface area contributed by atoms with Crippen LogP contribution in [-0.2, 0) is 18.9 Å². The topological polar surface area (TPSA) is 36.9 Å². The Morgan fingerprint density at radius 2 is 1.27 bits per heavy atom. The molecule has 0 unspecified atom stereocenters. The second-order valence-electron chi connectivity index (χ2n) is 2.38. The van der Waals surface area contributed by atoms with E-state index >= 15 is 0 Å². The summed E-state index contributed by atoms with van der Waals surface area (Å²) >= 11 is 0. The summed E-state index contributed by atoms with van der Waals surface area (Å²) < 4.78 is 9.94. The first-order valence-corrected chi connectivity index (χ1v) is 6.55. The average molecular weight is 180 g/mol. The molecule has 0 aliphatic heterocycles. The maximum Gasteiger partial charge on any atom is 0.403 e. The van der Waals surface area contributed by atoms with Gasteiger partial charge in [-0.3, -0.25) is 0 Å². The second kappa shape index (κ2) is 5.67. The third kappa shape index (κ3) is 6.45. The summed E-state index contributed by atoms with van der Waals surface area (Å²) in [7, 11) is -2.19. The zero-order chi connectivity index (χ0) is 8.74. The summed E-state index contributed by atoms with van der Waals surface area (Å²) in [4.78, 5) is 9.50. The molecule has 5 heteroatoms. The van der Waals surface area contributed by atoms with Crippen LogP contribution >= 0.6 is 0 Å². The third-order valence-electron chi connectivity index (χ3n) is 0.755. The van der Waals surface area contributed by atoms with Crippen molar-refractivity contribution in [2.45, 2.75) is 26.9 Å². The van der Waals surface area contributed by atoms with E-state index in [1.165, 1.54) is 0 Å². The van der Waals surface area contributed by atoms with E-state index < -0.39 is 8.56 Å². The zero-order valence-corrected chi connectivity index (χ0v) is 8.55. The largest absolute Gasteiger partial charge is 0.403 e. The lowest BCUT2D eigenvalue weighted by atomic mass is 10.9. The Morgan fingerprint density at radius 3 is 1.55 bits per heavy atom. The molecule has 0 aromatic carbocycles. The highest BCUT2D eigenvalue weighted by Gasteiger charge is 2.28. The molecule has 0 aromatic heterocycles. The number of hydrogen-bond acceptors (Lipinski definition) is 4. The van der Waals surface area contributed by atoms with Crippen LogP contribution in [0, 0.1) is 0 Å². The quantitative estimate of drug-likeness (QED) is 0.353. The van der Waals surface area contributed by atoms with Crippen molar-refractivity contribution in [2.75, 3.05) is 13.2 Å². The van der Waals surface area contributed by atoms with Gasteiger partial charge in [0.2, 0.25) is 0 Å². The normalized spacial score (nSPS) is 12.0. The summed E-state index contributed by atoms with van der Waals surface area (Å²) in [6.45, 7) is 8.44. The average Bonchev–Trinajstić information content (AvgIpc) is 1.97. The molecule has 0 radical (unpaired) electrons. The molecule has 0 amide bonds. The van der Waals surface area contributed by atoms with Crippen molar-refractivity contribution < 1.29 is 18.9 Å². The molecule has 0 fully saturated rings. The molecule has 4 nitrogen and oxygen atoms in total. The van der Waals surface area contributed by atoms with Gasteiger partial charge >= 0.3 is 8.56 Å². The minimum atomic E-state index is -2.19. The highest BCUT2D eigenvalue weighted by atomic mass is 28.4.